The maximum absolute atomic E-state index is 9.46. The monoisotopic (exact) mass is 98.0 g/mol. The fourth-order valence-corrected chi connectivity index (χ4v) is 0.123. The highest BCUT2D eigenvalue weighted by Gasteiger charge is 1.88. The van der Waals surface area contributed by atoms with E-state index in [-0.39, 0.29) is 0 Å². The minimum Gasteiger partial charge on any atom is -0.452 e. The number of hydrogen-bond donors (Lipinski definition) is 0. The number of carbonyl (C=O) groups excluding carboxylic acids is 1. The van der Waals surface area contributed by atoms with Crippen LogP contribution in [-0.4, -0.2) is 12.6 Å². The molecular formula is C5H6O2. The van der Waals surface area contributed by atoms with E-state index in [0.717, 1.165) is 0 Å². The molecule has 0 rings (SSSR count). The molecule has 38 valence electrons. The van der Waals surface area contributed by atoms with E-state index >= 15 is 0 Å². The standard InChI is InChI=1S/C5H6O2/c1-3-5(2)7-4-6/h1,4-5H,2H3. The molecule has 2 heteroatoms. The second-order valence-electron chi connectivity index (χ2n) is 1.04. The lowest BCUT2D eigenvalue weighted by atomic mass is 10.4. The molecule has 0 aliphatic heterocycles. The van der Waals surface area contributed by atoms with Crippen LogP contribution < -0.4 is 0 Å². The van der Waals surface area contributed by atoms with Gasteiger partial charge in [0, 0.05) is 0 Å². The first-order chi connectivity index (χ1) is 3.31. The highest BCUT2D eigenvalue weighted by molar-refractivity contribution is 5.38. The van der Waals surface area contributed by atoms with Gasteiger partial charge < -0.3 is 4.74 Å². The lowest BCUT2D eigenvalue weighted by Gasteiger charge is -1.95. The van der Waals surface area contributed by atoms with Crippen LogP contribution >= 0.6 is 0 Å². The van der Waals surface area contributed by atoms with E-state index in [1.165, 1.54) is 0 Å². The highest BCUT2D eigenvalue weighted by Crippen LogP contribution is 1.79. The number of carbonyl (C=O) groups is 1. The Balaban J connectivity index is 3.21. The van der Waals surface area contributed by atoms with Crippen LogP contribution in [0.2, 0.25) is 0 Å². The van der Waals surface area contributed by atoms with Gasteiger partial charge in [-0.05, 0) is 6.92 Å². The summed E-state index contributed by atoms with van der Waals surface area (Å²) in [5.41, 5.74) is 0. The maximum Gasteiger partial charge on any atom is 0.294 e. The molecule has 0 saturated carbocycles. The first kappa shape index (κ1) is 6.03. The Morgan fingerprint density at radius 2 is 2.57 bits per heavy atom. The van der Waals surface area contributed by atoms with Gasteiger partial charge in [0.15, 0.2) is 6.10 Å². The first-order valence-corrected chi connectivity index (χ1v) is 1.86. The van der Waals surface area contributed by atoms with E-state index in [0.29, 0.717) is 6.47 Å². The van der Waals surface area contributed by atoms with Gasteiger partial charge in [0.05, 0.1) is 0 Å². The van der Waals surface area contributed by atoms with Crippen molar-refractivity contribution in [2.24, 2.45) is 0 Å². The van der Waals surface area contributed by atoms with Gasteiger partial charge in [-0.3, -0.25) is 4.79 Å². The first-order valence-electron chi connectivity index (χ1n) is 1.86. The van der Waals surface area contributed by atoms with E-state index in [4.69, 9.17) is 6.42 Å². The van der Waals surface area contributed by atoms with E-state index < -0.39 is 6.10 Å². The van der Waals surface area contributed by atoms with Gasteiger partial charge in [-0.1, -0.05) is 5.92 Å². The molecule has 1 atom stereocenters. The number of terminal acetylenes is 1. The second-order valence-corrected chi connectivity index (χ2v) is 1.04. The molecule has 0 N–H and O–H groups in total. The second kappa shape index (κ2) is 3.23. The summed E-state index contributed by atoms with van der Waals surface area (Å²) in [5.74, 6) is 2.21. The molecule has 0 radical (unpaired) electrons. The molecule has 0 spiro atoms. The minimum atomic E-state index is -0.391. The Bertz CT molecular complexity index is 90.7. The zero-order valence-electron chi connectivity index (χ0n) is 4.05. The quantitative estimate of drug-likeness (QED) is 0.364. The molecule has 0 amide bonds. The Morgan fingerprint density at radius 3 is 2.71 bits per heavy atom. The Kier molecular flexibility index (Phi) is 2.78. The van der Waals surface area contributed by atoms with Crippen molar-refractivity contribution < 1.29 is 9.53 Å². The third-order valence-corrected chi connectivity index (χ3v) is 0.494. The van der Waals surface area contributed by atoms with E-state index in [9.17, 15) is 4.79 Å². The van der Waals surface area contributed by atoms with Gasteiger partial charge in [-0.25, -0.2) is 0 Å². The Morgan fingerprint density at radius 1 is 2.00 bits per heavy atom. The number of ether oxygens (including phenoxy) is 1. The molecule has 0 fully saturated rings. The fraction of sp³-hybridized carbons (Fsp3) is 0.400. The molecule has 0 aromatic rings. The summed E-state index contributed by atoms with van der Waals surface area (Å²) in [6, 6.07) is 0. The number of rotatable bonds is 2. The maximum atomic E-state index is 9.46. The molecule has 0 aromatic carbocycles. The van der Waals surface area contributed by atoms with Crippen molar-refractivity contribution in [1.82, 2.24) is 0 Å². The molecule has 0 bridgehead atoms. The van der Waals surface area contributed by atoms with Crippen LogP contribution in [0.15, 0.2) is 0 Å². The molecule has 0 heterocycles. The van der Waals surface area contributed by atoms with Crippen LogP contribution in [0.3, 0.4) is 0 Å². The summed E-state index contributed by atoms with van der Waals surface area (Å²) in [6.45, 7) is 1.96. The average molecular weight is 98.1 g/mol. The molecule has 0 aliphatic rings. The van der Waals surface area contributed by atoms with Gasteiger partial charge >= 0.3 is 0 Å². The number of hydrogen-bond acceptors (Lipinski definition) is 2. The summed E-state index contributed by atoms with van der Waals surface area (Å²) < 4.78 is 4.27. The lowest BCUT2D eigenvalue weighted by Crippen LogP contribution is -2.01. The predicted octanol–water partition coefficient (Wildman–Crippen LogP) is 0.181. The van der Waals surface area contributed by atoms with Crippen molar-refractivity contribution in [3.05, 3.63) is 0 Å². The summed E-state index contributed by atoms with van der Waals surface area (Å²) in [5, 5.41) is 0. The van der Waals surface area contributed by atoms with E-state index in [1.807, 2.05) is 0 Å². The smallest absolute Gasteiger partial charge is 0.294 e. The molecule has 0 saturated heterocycles. The third kappa shape index (κ3) is 2.84. The van der Waals surface area contributed by atoms with Gasteiger partial charge in [0.2, 0.25) is 0 Å². The predicted molar refractivity (Wildman–Crippen MR) is 25.4 cm³/mol. The summed E-state index contributed by atoms with van der Waals surface area (Å²) in [4.78, 5) is 9.46. The molecular weight excluding hydrogens is 92.1 g/mol. The third-order valence-electron chi connectivity index (χ3n) is 0.494. The van der Waals surface area contributed by atoms with Crippen LogP contribution in [0, 0.1) is 12.3 Å². The SMILES string of the molecule is C#CC(C)OC=O. The van der Waals surface area contributed by atoms with Crippen LogP contribution in [-0.2, 0) is 9.53 Å². The van der Waals surface area contributed by atoms with Gasteiger partial charge in [0.1, 0.15) is 0 Å². The fourth-order valence-electron chi connectivity index (χ4n) is 0.123. The van der Waals surface area contributed by atoms with Crippen LogP contribution in [0.5, 0.6) is 0 Å². The topological polar surface area (TPSA) is 26.3 Å². The zero-order valence-corrected chi connectivity index (χ0v) is 4.05. The highest BCUT2D eigenvalue weighted by atomic mass is 16.5. The van der Waals surface area contributed by atoms with Crippen molar-refractivity contribution in [3.63, 3.8) is 0 Å². The van der Waals surface area contributed by atoms with Crippen LogP contribution in [0.25, 0.3) is 0 Å². The van der Waals surface area contributed by atoms with Crippen molar-refractivity contribution in [2.45, 2.75) is 13.0 Å². The van der Waals surface area contributed by atoms with Crippen molar-refractivity contribution >= 4 is 6.47 Å². The van der Waals surface area contributed by atoms with E-state index in [2.05, 4.69) is 10.7 Å². The molecule has 7 heavy (non-hydrogen) atoms. The largest absolute Gasteiger partial charge is 0.452 e. The Hall–Kier alpha value is -0.970. The summed E-state index contributed by atoms with van der Waals surface area (Å²) in [7, 11) is 0. The normalized spacial score (nSPS) is 11.4. The molecule has 1 unspecified atom stereocenters. The Labute approximate surface area is 42.5 Å². The molecule has 0 aliphatic carbocycles. The van der Waals surface area contributed by atoms with Gasteiger partial charge in [-0.2, -0.15) is 0 Å². The van der Waals surface area contributed by atoms with E-state index in [1.54, 1.807) is 6.92 Å². The average Bonchev–Trinajstić information content (AvgIpc) is 1.68. The minimum absolute atomic E-state index is 0.338. The summed E-state index contributed by atoms with van der Waals surface area (Å²) in [6.07, 6.45) is 4.43. The van der Waals surface area contributed by atoms with Crippen LogP contribution in [0.1, 0.15) is 6.92 Å². The molecule has 2 nitrogen and oxygen atoms in total. The van der Waals surface area contributed by atoms with Gasteiger partial charge in [-0.15, -0.1) is 6.42 Å². The summed E-state index contributed by atoms with van der Waals surface area (Å²) >= 11 is 0. The van der Waals surface area contributed by atoms with Crippen LogP contribution in [0.4, 0.5) is 0 Å². The van der Waals surface area contributed by atoms with Crippen molar-refractivity contribution in [3.8, 4) is 12.3 Å². The molecule has 0 aromatic heterocycles. The van der Waals surface area contributed by atoms with Gasteiger partial charge in [0.25, 0.3) is 6.47 Å². The van der Waals surface area contributed by atoms with Crippen molar-refractivity contribution in [2.75, 3.05) is 0 Å². The lowest BCUT2D eigenvalue weighted by molar-refractivity contribution is -0.130. The zero-order chi connectivity index (χ0) is 5.70. The van der Waals surface area contributed by atoms with Crippen molar-refractivity contribution in [1.29, 1.82) is 0 Å².